The van der Waals surface area contributed by atoms with Crippen LogP contribution in [0.25, 0.3) is 11.3 Å². The van der Waals surface area contributed by atoms with Crippen LogP contribution in [0.1, 0.15) is 5.89 Å². The maximum Gasteiger partial charge on any atom is 0.221 e. The summed E-state index contributed by atoms with van der Waals surface area (Å²) in [6.07, 6.45) is 0. The summed E-state index contributed by atoms with van der Waals surface area (Å²) in [5, 5.41) is 0.351. The summed E-state index contributed by atoms with van der Waals surface area (Å²) in [5.74, 6) is 0.587. The Balaban J connectivity index is 2.53. The number of oxazole rings is 1. The van der Waals surface area contributed by atoms with E-state index in [2.05, 4.69) is 4.98 Å². The van der Waals surface area contributed by atoms with E-state index in [1.807, 2.05) is 30.3 Å². The van der Waals surface area contributed by atoms with Gasteiger partial charge < -0.3 is 4.42 Å². The zero-order valence-electron chi connectivity index (χ0n) is 7.12. The van der Waals surface area contributed by atoms with Crippen LogP contribution in [0.5, 0.6) is 0 Å². The lowest BCUT2D eigenvalue weighted by Gasteiger charge is -1.93. The molecule has 0 aliphatic rings. The summed E-state index contributed by atoms with van der Waals surface area (Å²) in [5.41, 5.74) is 1.68. The van der Waals surface area contributed by atoms with Gasteiger partial charge in [-0.1, -0.05) is 30.3 Å². The molecule has 0 amide bonds. The number of halogens is 1. The predicted molar refractivity (Wildman–Crippen MR) is 51.7 cm³/mol. The van der Waals surface area contributed by atoms with Crippen molar-refractivity contribution < 1.29 is 4.42 Å². The number of nitrogens with zero attached hydrogens (tertiary/aromatic N) is 1. The van der Waals surface area contributed by atoms with Gasteiger partial charge in [-0.05, 0) is 11.6 Å². The average molecular weight is 194 g/mol. The smallest absolute Gasteiger partial charge is 0.221 e. The van der Waals surface area contributed by atoms with Gasteiger partial charge >= 0.3 is 0 Å². The molecule has 0 unspecified atom stereocenters. The highest BCUT2D eigenvalue weighted by atomic mass is 35.5. The molecule has 1 aromatic heterocycles. The van der Waals surface area contributed by atoms with Crippen molar-refractivity contribution in [2.75, 3.05) is 0 Å². The molecule has 2 rings (SSSR count). The molecule has 1 aromatic carbocycles. The summed E-state index contributed by atoms with van der Waals surface area (Å²) in [6.45, 7) is 1.78. The number of aryl methyl sites for hydroxylation is 1. The Morgan fingerprint density at radius 1 is 1.23 bits per heavy atom. The third kappa shape index (κ3) is 1.58. The topological polar surface area (TPSA) is 26.0 Å². The first-order chi connectivity index (χ1) is 6.27. The quantitative estimate of drug-likeness (QED) is 0.695. The largest absolute Gasteiger partial charge is 0.429 e. The summed E-state index contributed by atoms with van der Waals surface area (Å²) in [6, 6.07) is 9.72. The SMILES string of the molecule is Cc1nc(-c2ccccc2)c(Cl)o1. The van der Waals surface area contributed by atoms with Crippen LogP contribution in [-0.4, -0.2) is 4.98 Å². The second-order valence-corrected chi connectivity index (χ2v) is 3.06. The lowest BCUT2D eigenvalue weighted by molar-refractivity contribution is 0.523. The maximum atomic E-state index is 5.85. The van der Waals surface area contributed by atoms with Gasteiger partial charge in [0, 0.05) is 12.5 Å². The minimum Gasteiger partial charge on any atom is -0.429 e. The van der Waals surface area contributed by atoms with Crippen LogP contribution in [-0.2, 0) is 0 Å². The van der Waals surface area contributed by atoms with E-state index < -0.39 is 0 Å². The summed E-state index contributed by atoms with van der Waals surface area (Å²) >= 11 is 5.85. The molecule has 0 N–H and O–H groups in total. The van der Waals surface area contributed by atoms with Crippen molar-refractivity contribution in [3.8, 4) is 11.3 Å². The molecule has 0 aliphatic heterocycles. The summed E-state index contributed by atoms with van der Waals surface area (Å²) < 4.78 is 5.12. The van der Waals surface area contributed by atoms with Crippen LogP contribution in [0.15, 0.2) is 34.7 Å². The molecule has 0 aliphatic carbocycles. The van der Waals surface area contributed by atoms with E-state index >= 15 is 0 Å². The molecule has 0 bridgehead atoms. The zero-order valence-corrected chi connectivity index (χ0v) is 7.88. The highest BCUT2D eigenvalue weighted by Gasteiger charge is 2.09. The molecule has 0 atom stereocenters. The van der Waals surface area contributed by atoms with Gasteiger partial charge in [-0.25, -0.2) is 4.98 Å². The van der Waals surface area contributed by atoms with Crippen LogP contribution < -0.4 is 0 Å². The Morgan fingerprint density at radius 3 is 2.46 bits per heavy atom. The number of benzene rings is 1. The highest BCUT2D eigenvalue weighted by molar-refractivity contribution is 6.31. The Morgan fingerprint density at radius 2 is 1.92 bits per heavy atom. The first-order valence-electron chi connectivity index (χ1n) is 3.96. The second kappa shape index (κ2) is 3.23. The molecule has 3 heteroatoms. The molecule has 0 saturated heterocycles. The monoisotopic (exact) mass is 193 g/mol. The number of hydrogen-bond acceptors (Lipinski definition) is 2. The minimum absolute atomic E-state index is 0.351. The third-order valence-electron chi connectivity index (χ3n) is 1.74. The Hall–Kier alpha value is -1.28. The van der Waals surface area contributed by atoms with Crippen LogP contribution in [0.2, 0.25) is 5.22 Å². The fourth-order valence-corrected chi connectivity index (χ4v) is 1.44. The molecule has 0 saturated carbocycles. The summed E-state index contributed by atoms with van der Waals surface area (Å²) in [7, 11) is 0. The van der Waals surface area contributed by atoms with Gasteiger partial charge in [0.1, 0.15) is 5.69 Å². The van der Waals surface area contributed by atoms with E-state index in [0.29, 0.717) is 16.8 Å². The van der Waals surface area contributed by atoms with Crippen LogP contribution in [0.3, 0.4) is 0 Å². The standard InChI is InChI=1S/C10H8ClNO/c1-7-12-9(10(11)13-7)8-5-3-2-4-6-8/h2-6H,1H3. The molecule has 0 spiro atoms. The lowest BCUT2D eigenvalue weighted by Crippen LogP contribution is -1.77. The van der Waals surface area contributed by atoms with Crippen LogP contribution in [0.4, 0.5) is 0 Å². The number of aromatic nitrogens is 1. The maximum absolute atomic E-state index is 5.85. The zero-order chi connectivity index (χ0) is 9.26. The predicted octanol–water partition coefficient (Wildman–Crippen LogP) is 3.30. The van der Waals surface area contributed by atoms with E-state index in [9.17, 15) is 0 Å². The van der Waals surface area contributed by atoms with E-state index in [1.54, 1.807) is 6.92 Å². The van der Waals surface area contributed by atoms with E-state index in [1.165, 1.54) is 0 Å². The average Bonchev–Trinajstić information content (AvgIpc) is 2.47. The van der Waals surface area contributed by atoms with Gasteiger partial charge in [0.2, 0.25) is 5.22 Å². The van der Waals surface area contributed by atoms with Crippen molar-refractivity contribution in [2.24, 2.45) is 0 Å². The lowest BCUT2D eigenvalue weighted by atomic mass is 10.2. The Bertz CT molecular complexity index is 408. The van der Waals surface area contributed by atoms with Crippen LogP contribution in [0, 0.1) is 6.92 Å². The van der Waals surface area contributed by atoms with Crippen molar-refractivity contribution in [2.45, 2.75) is 6.92 Å². The molecule has 2 aromatic rings. The van der Waals surface area contributed by atoms with Gasteiger partial charge in [0.05, 0.1) is 0 Å². The third-order valence-corrected chi connectivity index (χ3v) is 2.00. The molecular weight excluding hydrogens is 186 g/mol. The molecule has 13 heavy (non-hydrogen) atoms. The van der Waals surface area contributed by atoms with E-state index in [4.69, 9.17) is 16.0 Å². The van der Waals surface area contributed by atoms with E-state index in [-0.39, 0.29) is 0 Å². The summed E-state index contributed by atoms with van der Waals surface area (Å²) in [4.78, 5) is 4.18. The van der Waals surface area contributed by atoms with Crippen molar-refractivity contribution in [1.29, 1.82) is 0 Å². The molecule has 2 nitrogen and oxygen atoms in total. The first kappa shape index (κ1) is 8.32. The van der Waals surface area contributed by atoms with Crippen molar-refractivity contribution >= 4 is 11.6 Å². The highest BCUT2D eigenvalue weighted by Crippen LogP contribution is 2.27. The van der Waals surface area contributed by atoms with Gasteiger partial charge in [-0.2, -0.15) is 0 Å². The first-order valence-corrected chi connectivity index (χ1v) is 4.33. The van der Waals surface area contributed by atoms with Gasteiger partial charge in [-0.15, -0.1) is 0 Å². The van der Waals surface area contributed by atoms with Gasteiger partial charge in [0.15, 0.2) is 5.89 Å². The van der Waals surface area contributed by atoms with Gasteiger partial charge in [-0.3, -0.25) is 0 Å². The molecule has 66 valence electrons. The minimum atomic E-state index is 0.351. The van der Waals surface area contributed by atoms with Gasteiger partial charge in [0.25, 0.3) is 0 Å². The second-order valence-electron chi connectivity index (χ2n) is 2.72. The Kier molecular flexibility index (Phi) is 2.07. The number of hydrogen-bond donors (Lipinski definition) is 0. The van der Waals surface area contributed by atoms with Crippen molar-refractivity contribution in [1.82, 2.24) is 4.98 Å². The van der Waals surface area contributed by atoms with E-state index in [0.717, 1.165) is 5.56 Å². The van der Waals surface area contributed by atoms with Crippen molar-refractivity contribution in [3.63, 3.8) is 0 Å². The number of rotatable bonds is 1. The molecule has 0 radical (unpaired) electrons. The fourth-order valence-electron chi connectivity index (χ4n) is 1.18. The van der Waals surface area contributed by atoms with Crippen molar-refractivity contribution in [3.05, 3.63) is 41.4 Å². The normalized spacial score (nSPS) is 10.3. The molecule has 1 heterocycles. The Labute approximate surface area is 81.2 Å². The van der Waals surface area contributed by atoms with Crippen LogP contribution >= 0.6 is 11.6 Å². The molecule has 0 fully saturated rings. The molecular formula is C10H8ClNO. The fraction of sp³-hybridized carbons (Fsp3) is 0.100.